The summed E-state index contributed by atoms with van der Waals surface area (Å²) in [6.45, 7) is 11.1. The number of anilines is 1. The van der Waals surface area contributed by atoms with Crippen LogP contribution >= 0.6 is 11.6 Å². The SMILES string of the molecule is CCOc1cc2c(c3c1OC(C)(C)C3)C(c1ccc(C(=O)O)c(N(Cc3cccc(Cl)c3)C(=O)C(F)(F)F)c1C)=NC(C)(C)C2. The lowest BCUT2D eigenvalue weighted by Crippen LogP contribution is -2.42. The van der Waals surface area contributed by atoms with Crippen molar-refractivity contribution in [2.45, 2.75) is 78.2 Å². The van der Waals surface area contributed by atoms with Crippen LogP contribution in [0.25, 0.3) is 0 Å². The van der Waals surface area contributed by atoms with Gasteiger partial charge in [0.25, 0.3) is 0 Å². The minimum absolute atomic E-state index is 0.165. The molecule has 7 nitrogen and oxygen atoms in total. The number of carbonyl (C=O) groups excluding carboxylic acids is 1. The number of rotatable bonds is 7. The van der Waals surface area contributed by atoms with Gasteiger partial charge in [-0.1, -0.05) is 29.8 Å². The summed E-state index contributed by atoms with van der Waals surface area (Å²) >= 11 is 6.10. The molecule has 238 valence electrons. The van der Waals surface area contributed by atoms with Crippen LogP contribution in [0.5, 0.6) is 11.5 Å². The van der Waals surface area contributed by atoms with Crippen LogP contribution in [0.4, 0.5) is 18.9 Å². The molecule has 3 aromatic rings. The van der Waals surface area contributed by atoms with Crippen LogP contribution in [-0.4, -0.2) is 46.6 Å². The first kappa shape index (κ1) is 32.3. The standard InChI is InChI=1S/C34H34ClF3N2O5/c1-7-44-25-14-20-15-32(3,4)39-27(26(20)24-16-33(5,6)45-29(24)25)22-11-12-23(30(41)42)28(18(22)2)40(31(43)34(36,37)38)17-19-9-8-10-21(35)13-19/h8-14H,7,15-17H2,1-6H3,(H,41,42). The number of hydrogen-bond donors (Lipinski definition) is 1. The Hall–Kier alpha value is -4.05. The third kappa shape index (κ3) is 6.25. The van der Waals surface area contributed by atoms with Gasteiger partial charge >= 0.3 is 18.1 Å². The molecule has 11 heteroatoms. The molecule has 1 N–H and O–H groups in total. The van der Waals surface area contributed by atoms with Gasteiger partial charge in [0.2, 0.25) is 0 Å². The Kier molecular flexibility index (Phi) is 8.19. The molecule has 3 aromatic carbocycles. The minimum Gasteiger partial charge on any atom is -0.490 e. The summed E-state index contributed by atoms with van der Waals surface area (Å²) in [6.07, 6.45) is -4.20. The van der Waals surface area contributed by atoms with E-state index in [4.69, 9.17) is 26.1 Å². The van der Waals surface area contributed by atoms with Crippen molar-refractivity contribution in [3.8, 4) is 11.5 Å². The van der Waals surface area contributed by atoms with Gasteiger partial charge in [-0.05, 0) is 88.9 Å². The minimum atomic E-state index is -5.28. The zero-order valence-electron chi connectivity index (χ0n) is 25.9. The van der Waals surface area contributed by atoms with Gasteiger partial charge in [0.1, 0.15) is 5.60 Å². The predicted octanol–water partition coefficient (Wildman–Crippen LogP) is 7.73. The Morgan fingerprint density at radius 1 is 1.11 bits per heavy atom. The lowest BCUT2D eigenvalue weighted by molar-refractivity contribution is -0.170. The van der Waals surface area contributed by atoms with E-state index in [-0.39, 0.29) is 16.3 Å². The van der Waals surface area contributed by atoms with Crippen molar-refractivity contribution in [2.75, 3.05) is 11.5 Å². The van der Waals surface area contributed by atoms with Crippen molar-refractivity contribution < 1.29 is 37.3 Å². The highest BCUT2D eigenvalue weighted by atomic mass is 35.5. The van der Waals surface area contributed by atoms with Gasteiger partial charge in [0.05, 0.1) is 35.7 Å². The fraction of sp³-hybridized carbons (Fsp3) is 0.382. The van der Waals surface area contributed by atoms with Crippen LogP contribution in [0.1, 0.15) is 78.4 Å². The number of carboxylic acid groups (broad SMARTS) is 1. The Morgan fingerprint density at radius 3 is 2.44 bits per heavy atom. The van der Waals surface area contributed by atoms with Crippen LogP contribution in [0, 0.1) is 6.92 Å². The number of ether oxygens (including phenoxy) is 2. The second kappa shape index (κ2) is 11.4. The number of fused-ring (bicyclic) bond motifs is 3. The van der Waals surface area contributed by atoms with Gasteiger partial charge in [-0.25, -0.2) is 4.79 Å². The number of carbonyl (C=O) groups is 2. The van der Waals surface area contributed by atoms with Crippen LogP contribution in [0.2, 0.25) is 5.02 Å². The summed E-state index contributed by atoms with van der Waals surface area (Å²) in [5.74, 6) is -2.48. The highest BCUT2D eigenvalue weighted by Crippen LogP contribution is 2.48. The number of aromatic carboxylic acids is 1. The number of amides is 1. The molecular formula is C34H34ClF3N2O5. The lowest BCUT2D eigenvalue weighted by Gasteiger charge is -2.33. The van der Waals surface area contributed by atoms with Crippen molar-refractivity contribution in [2.24, 2.45) is 4.99 Å². The number of halogens is 4. The highest BCUT2D eigenvalue weighted by Gasteiger charge is 2.45. The molecule has 2 heterocycles. The lowest BCUT2D eigenvalue weighted by atomic mass is 9.80. The van der Waals surface area contributed by atoms with E-state index in [0.717, 1.165) is 16.7 Å². The Bertz CT molecular complexity index is 1750. The molecule has 1 amide bonds. The Labute approximate surface area is 264 Å². The van der Waals surface area contributed by atoms with Crippen LogP contribution < -0.4 is 14.4 Å². The fourth-order valence-corrected chi connectivity index (χ4v) is 6.44. The molecule has 0 atom stereocenters. The number of hydrogen-bond acceptors (Lipinski definition) is 5. The zero-order valence-corrected chi connectivity index (χ0v) is 26.6. The molecule has 0 unspecified atom stereocenters. The summed E-state index contributed by atoms with van der Waals surface area (Å²) in [5.41, 5.74) is 1.93. The van der Waals surface area contributed by atoms with Crippen LogP contribution in [-0.2, 0) is 24.2 Å². The molecule has 2 aliphatic heterocycles. The second-order valence-electron chi connectivity index (χ2n) is 12.6. The first-order valence-electron chi connectivity index (χ1n) is 14.5. The quantitative estimate of drug-likeness (QED) is 0.285. The van der Waals surface area contributed by atoms with Crippen molar-refractivity contribution >= 4 is 34.9 Å². The second-order valence-corrected chi connectivity index (χ2v) is 13.0. The monoisotopic (exact) mass is 642 g/mol. The molecule has 5 rings (SSSR count). The molecular weight excluding hydrogens is 609 g/mol. The van der Waals surface area contributed by atoms with Gasteiger partial charge in [-0.15, -0.1) is 0 Å². The van der Waals surface area contributed by atoms with Crippen molar-refractivity contribution in [1.29, 1.82) is 0 Å². The third-order valence-corrected chi connectivity index (χ3v) is 8.12. The van der Waals surface area contributed by atoms with Crippen molar-refractivity contribution in [1.82, 2.24) is 0 Å². The molecule has 0 saturated carbocycles. The molecule has 0 radical (unpaired) electrons. The highest BCUT2D eigenvalue weighted by molar-refractivity contribution is 6.30. The number of aliphatic imine (C=N–C) groups is 1. The Morgan fingerprint density at radius 2 is 1.82 bits per heavy atom. The molecule has 0 fully saturated rings. The predicted molar refractivity (Wildman–Crippen MR) is 166 cm³/mol. The molecule has 2 aliphatic rings. The third-order valence-electron chi connectivity index (χ3n) is 7.88. The smallest absolute Gasteiger partial charge is 0.471 e. The van der Waals surface area contributed by atoms with E-state index in [1.807, 2.05) is 40.7 Å². The summed E-state index contributed by atoms with van der Waals surface area (Å²) < 4.78 is 54.6. The maximum Gasteiger partial charge on any atom is 0.471 e. The van der Waals surface area contributed by atoms with Crippen LogP contribution in [0.15, 0.2) is 47.5 Å². The fourth-order valence-electron chi connectivity index (χ4n) is 6.23. The molecule has 0 spiro atoms. The largest absolute Gasteiger partial charge is 0.490 e. The normalized spacial score (nSPS) is 16.3. The number of nitrogens with zero attached hydrogens (tertiary/aromatic N) is 2. The van der Waals surface area contributed by atoms with Gasteiger partial charge in [0.15, 0.2) is 11.5 Å². The number of carboxylic acids is 1. The maximum atomic E-state index is 14.1. The van der Waals surface area contributed by atoms with Gasteiger partial charge < -0.3 is 14.6 Å². The molecule has 45 heavy (non-hydrogen) atoms. The van der Waals surface area contributed by atoms with Gasteiger partial charge in [-0.3, -0.25) is 14.7 Å². The van der Waals surface area contributed by atoms with E-state index < -0.39 is 41.3 Å². The average Bonchev–Trinajstić information content (AvgIpc) is 3.25. The average molecular weight is 643 g/mol. The first-order valence-corrected chi connectivity index (χ1v) is 14.9. The van der Waals surface area contributed by atoms with E-state index in [1.54, 1.807) is 18.2 Å². The first-order chi connectivity index (χ1) is 20.9. The summed E-state index contributed by atoms with van der Waals surface area (Å²) in [7, 11) is 0. The number of benzene rings is 3. The summed E-state index contributed by atoms with van der Waals surface area (Å²) in [4.78, 5) is 31.0. The molecule has 0 saturated heterocycles. The van der Waals surface area contributed by atoms with E-state index in [1.165, 1.54) is 25.1 Å². The number of alkyl halides is 3. The molecule has 0 aromatic heterocycles. The zero-order chi connectivity index (χ0) is 33.1. The Balaban J connectivity index is 1.78. The van der Waals surface area contributed by atoms with E-state index in [2.05, 4.69) is 0 Å². The van der Waals surface area contributed by atoms with E-state index in [9.17, 15) is 27.9 Å². The molecule has 0 bridgehead atoms. The van der Waals surface area contributed by atoms with Crippen molar-refractivity contribution in [3.63, 3.8) is 0 Å². The topological polar surface area (TPSA) is 88.4 Å². The van der Waals surface area contributed by atoms with Crippen molar-refractivity contribution in [3.05, 3.63) is 86.4 Å². The van der Waals surface area contributed by atoms with Gasteiger partial charge in [-0.2, -0.15) is 13.2 Å². The summed E-state index contributed by atoms with van der Waals surface area (Å²) in [6, 6.07) is 10.8. The van der Waals surface area contributed by atoms with Gasteiger partial charge in [0, 0.05) is 28.1 Å². The maximum absolute atomic E-state index is 14.1. The summed E-state index contributed by atoms with van der Waals surface area (Å²) in [5, 5.41) is 10.4. The molecule has 0 aliphatic carbocycles. The van der Waals surface area contributed by atoms with E-state index in [0.29, 0.717) is 52.7 Å². The van der Waals surface area contributed by atoms with Crippen LogP contribution in [0.3, 0.4) is 0 Å². The van der Waals surface area contributed by atoms with E-state index >= 15 is 0 Å².